The van der Waals surface area contributed by atoms with Crippen molar-refractivity contribution in [2.75, 3.05) is 23.8 Å². The number of amides is 2. The third kappa shape index (κ3) is 6.46. The Morgan fingerprint density at radius 3 is 2.21 bits per heavy atom. The summed E-state index contributed by atoms with van der Waals surface area (Å²) in [4.78, 5) is 36.8. The number of hydrogen-bond donors (Lipinski definition) is 2. The topological polar surface area (TPSA) is 98.7 Å². The van der Waals surface area contributed by atoms with Crippen molar-refractivity contribution in [3.8, 4) is 11.5 Å². The molecule has 0 aliphatic carbocycles. The molecule has 1 heterocycles. The van der Waals surface area contributed by atoms with Gasteiger partial charge in [-0.15, -0.1) is 0 Å². The number of carbonyl (C=O) groups is 2. The summed E-state index contributed by atoms with van der Waals surface area (Å²) >= 11 is 0. The average Bonchev–Trinajstić information content (AvgIpc) is 2.79. The van der Waals surface area contributed by atoms with E-state index in [9.17, 15) is 14.4 Å². The Balaban J connectivity index is 1.63. The van der Waals surface area contributed by atoms with E-state index in [0.717, 1.165) is 5.56 Å². The number of benzene rings is 2. The quantitative estimate of drug-likeness (QED) is 0.517. The number of aromatic nitrogens is 1. The average molecular weight is 450 g/mol. The molecule has 33 heavy (non-hydrogen) atoms. The summed E-state index contributed by atoms with van der Waals surface area (Å²) in [5, 5.41) is 5.56. The van der Waals surface area contributed by atoms with Crippen LogP contribution in [-0.4, -0.2) is 29.6 Å². The van der Waals surface area contributed by atoms with Gasteiger partial charge in [-0.1, -0.05) is 6.07 Å². The Morgan fingerprint density at radius 2 is 1.52 bits per heavy atom. The highest BCUT2D eigenvalue weighted by molar-refractivity contribution is 6.04. The second-order valence-electron chi connectivity index (χ2n) is 7.28. The van der Waals surface area contributed by atoms with Crippen LogP contribution in [0.3, 0.4) is 0 Å². The summed E-state index contributed by atoms with van der Waals surface area (Å²) in [6, 6.07) is 14.8. The number of aryl methyl sites for hydroxylation is 1. The van der Waals surface area contributed by atoms with Gasteiger partial charge in [-0.05, 0) is 62.7 Å². The fourth-order valence-corrected chi connectivity index (χ4v) is 3.17. The van der Waals surface area contributed by atoms with E-state index in [-0.39, 0.29) is 23.9 Å². The van der Waals surface area contributed by atoms with Gasteiger partial charge in [0, 0.05) is 35.3 Å². The zero-order chi connectivity index (χ0) is 23.8. The molecule has 0 saturated carbocycles. The molecule has 0 unspecified atom stereocenters. The smallest absolute Gasteiger partial charge is 0.255 e. The number of nitrogens with zero attached hydrogens (tertiary/aromatic N) is 1. The van der Waals surface area contributed by atoms with Crippen LogP contribution in [0.15, 0.2) is 65.6 Å². The minimum Gasteiger partial charge on any atom is -0.490 e. The minimum atomic E-state index is -0.335. The van der Waals surface area contributed by atoms with Crippen LogP contribution < -0.4 is 25.7 Å². The van der Waals surface area contributed by atoms with Crippen molar-refractivity contribution in [1.29, 1.82) is 0 Å². The third-order valence-corrected chi connectivity index (χ3v) is 4.68. The molecule has 0 saturated heterocycles. The molecule has 8 heteroatoms. The summed E-state index contributed by atoms with van der Waals surface area (Å²) in [5.41, 5.74) is 2.17. The molecule has 2 amide bonds. The van der Waals surface area contributed by atoms with Gasteiger partial charge in [-0.3, -0.25) is 14.4 Å². The molecule has 2 aromatic carbocycles. The normalized spacial score (nSPS) is 10.4. The van der Waals surface area contributed by atoms with E-state index < -0.39 is 0 Å². The second kappa shape index (κ2) is 11.0. The second-order valence-corrected chi connectivity index (χ2v) is 7.28. The van der Waals surface area contributed by atoms with Crippen molar-refractivity contribution >= 4 is 23.2 Å². The fourth-order valence-electron chi connectivity index (χ4n) is 3.17. The molecule has 0 aliphatic rings. The summed E-state index contributed by atoms with van der Waals surface area (Å²) in [7, 11) is 0. The number of hydrogen-bond acceptors (Lipinski definition) is 5. The molecule has 2 N–H and O–H groups in total. The lowest BCUT2D eigenvalue weighted by molar-refractivity contribution is -0.116. The van der Waals surface area contributed by atoms with Gasteiger partial charge in [0.1, 0.15) is 6.54 Å². The molecule has 172 valence electrons. The molecule has 0 radical (unpaired) electrons. The molecular weight excluding hydrogens is 422 g/mol. The van der Waals surface area contributed by atoms with Gasteiger partial charge < -0.3 is 24.7 Å². The van der Waals surface area contributed by atoms with Crippen LogP contribution in [-0.2, 0) is 11.3 Å². The highest BCUT2D eigenvalue weighted by Crippen LogP contribution is 2.30. The largest absolute Gasteiger partial charge is 0.490 e. The highest BCUT2D eigenvalue weighted by Gasteiger charge is 2.11. The van der Waals surface area contributed by atoms with Gasteiger partial charge >= 0.3 is 0 Å². The van der Waals surface area contributed by atoms with Crippen molar-refractivity contribution < 1.29 is 19.1 Å². The minimum absolute atomic E-state index is 0.0946. The molecule has 3 aromatic rings. The molecule has 0 spiro atoms. The van der Waals surface area contributed by atoms with Crippen LogP contribution in [0, 0.1) is 6.92 Å². The lowest BCUT2D eigenvalue weighted by Crippen LogP contribution is -2.26. The molecule has 8 nitrogen and oxygen atoms in total. The number of anilines is 2. The Bertz CT molecular complexity index is 1190. The van der Waals surface area contributed by atoms with Crippen molar-refractivity contribution in [3.63, 3.8) is 0 Å². The van der Waals surface area contributed by atoms with Crippen LogP contribution in [0.1, 0.15) is 29.8 Å². The first-order valence-electron chi connectivity index (χ1n) is 10.7. The molecule has 0 bridgehead atoms. The van der Waals surface area contributed by atoms with Gasteiger partial charge in [0.15, 0.2) is 11.5 Å². The molecule has 1 aromatic heterocycles. The van der Waals surface area contributed by atoms with Crippen molar-refractivity contribution in [2.45, 2.75) is 27.3 Å². The van der Waals surface area contributed by atoms with E-state index in [1.807, 2.05) is 20.8 Å². The van der Waals surface area contributed by atoms with Crippen molar-refractivity contribution in [3.05, 3.63) is 82.3 Å². The zero-order valence-corrected chi connectivity index (χ0v) is 18.9. The van der Waals surface area contributed by atoms with E-state index in [4.69, 9.17) is 9.47 Å². The van der Waals surface area contributed by atoms with Crippen molar-refractivity contribution in [1.82, 2.24) is 4.57 Å². The van der Waals surface area contributed by atoms with Crippen LogP contribution in [0.2, 0.25) is 0 Å². The predicted molar refractivity (Wildman–Crippen MR) is 127 cm³/mol. The highest BCUT2D eigenvalue weighted by atomic mass is 16.5. The first kappa shape index (κ1) is 23.6. The monoisotopic (exact) mass is 449 g/mol. The van der Waals surface area contributed by atoms with Crippen LogP contribution in [0.5, 0.6) is 11.5 Å². The Labute approximate surface area is 192 Å². The fraction of sp³-hybridized carbons (Fsp3) is 0.240. The van der Waals surface area contributed by atoms with E-state index >= 15 is 0 Å². The SMILES string of the molecule is CCOc1ccc(NC(=O)c2ccc(NC(=O)Cn3cc(C)ccc3=O)cc2)cc1OCC. The molecule has 0 atom stereocenters. The maximum atomic E-state index is 12.6. The predicted octanol–water partition coefficient (Wildman–Crippen LogP) is 3.85. The van der Waals surface area contributed by atoms with Gasteiger partial charge in [0.25, 0.3) is 11.5 Å². The molecule has 0 aliphatic heterocycles. The summed E-state index contributed by atoms with van der Waals surface area (Å²) in [5.74, 6) is 0.539. The Hall–Kier alpha value is -4.07. The van der Waals surface area contributed by atoms with E-state index in [2.05, 4.69) is 10.6 Å². The Kier molecular flexibility index (Phi) is 7.86. The maximum absolute atomic E-state index is 12.6. The Morgan fingerprint density at radius 1 is 0.848 bits per heavy atom. The van der Waals surface area contributed by atoms with E-state index in [1.165, 1.54) is 10.6 Å². The summed E-state index contributed by atoms with van der Waals surface area (Å²) < 4.78 is 12.5. The molecule has 3 rings (SSSR count). The molecular formula is C25H27N3O5. The lowest BCUT2D eigenvalue weighted by Gasteiger charge is -2.13. The third-order valence-electron chi connectivity index (χ3n) is 4.68. The van der Waals surface area contributed by atoms with E-state index in [0.29, 0.717) is 41.7 Å². The number of carbonyl (C=O) groups excluding carboxylic acids is 2. The number of pyridine rings is 1. The first-order valence-corrected chi connectivity index (χ1v) is 10.7. The van der Waals surface area contributed by atoms with Gasteiger partial charge in [-0.2, -0.15) is 0 Å². The number of ether oxygens (including phenoxy) is 2. The lowest BCUT2D eigenvalue weighted by atomic mass is 10.2. The standard InChI is InChI=1S/C25H27N3O5/c1-4-32-21-12-11-20(14-22(21)33-5-2)27-25(31)18-7-9-19(10-8-18)26-23(29)16-28-15-17(3)6-13-24(28)30/h6-15H,4-5,16H2,1-3H3,(H,26,29)(H,27,31). The van der Waals surface area contributed by atoms with Gasteiger partial charge in [0.05, 0.1) is 13.2 Å². The van der Waals surface area contributed by atoms with Gasteiger partial charge in [-0.25, -0.2) is 0 Å². The van der Waals surface area contributed by atoms with Crippen LogP contribution in [0.25, 0.3) is 0 Å². The first-order chi connectivity index (χ1) is 15.9. The zero-order valence-electron chi connectivity index (χ0n) is 18.9. The molecule has 0 fully saturated rings. The van der Waals surface area contributed by atoms with E-state index in [1.54, 1.807) is 54.7 Å². The maximum Gasteiger partial charge on any atom is 0.255 e. The van der Waals surface area contributed by atoms with Crippen LogP contribution >= 0.6 is 0 Å². The number of rotatable bonds is 9. The number of nitrogens with one attached hydrogen (secondary N) is 2. The van der Waals surface area contributed by atoms with Crippen molar-refractivity contribution in [2.24, 2.45) is 0 Å². The summed E-state index contributed by atoms with van der Waals surface area (Å²) in [6.45, 7) is 6.51. The van der Waals surface area contributed by atoms with Crippen LogP contribution in [0.4, 0.5) is 11.4 Å². The van der Waals surface area contributed by atoms with Gasteiger partial charge in [0.2, 0.25) is 5.91 Å². The summed E-state index contributed by atoms with van der Waals surface area (Å²) in [6.07, 6.45) is 1.63.